The van der Waals surface area contributed by atoms with Gasteiger partial charge < -0.3 is 15.8 Å². The maximum Gasteiger partial charge on any atom is 0.340 e. The van der Waals surface area contributed by atoms with Gasteiger partial charge in [-0.25, -0.2) is 9.78 Å². The third-order valence-electron chi connectivity index (χ3n) is 2.53. The Hall–Kier alpha value is -1.98. The molecule has 3 N–H and O–H groups in total. The van der Waals surface area contributed by atoms with Gasteiger partial charge in [0.05, 0.1) is 35.3 Å². The first kappa shape index (κ1) is 14.4. The number of pyridine rings is 1. The summed E-state index contributed by atoms with van der Waals surface area (Å²) >= 11 is 11.9. The molecule has 0 fully saturated rings. The van der Waals surface area contributed by atoms with Crippen LogP contribution in [0.3, 0.4) is 0 Å². The molecular formula is C13H11Cl2N3O2. The van der Waals surface area contributed by atoms with Crippen LogP contribution < -0.4 is 11.1 Å². The first-order chi connectivity index (χ1) is 9.51. The Morgan fingerprint density at radius 2 is 2.10 bits per heavy atom. The standard InChI is InChI=1S/C13H11Cl2N3O2/c1-20-13(19)8-5-12(17-6-10(8)16)18-11-3-2-7(14)4-9(11)15/h2-6H,16H2,1H3,(H,17,18). The van der Waals surface area contributed by atoms with Gasteiger partial charge in [0.15, 0.2) is 0 Å². The Morgan fingerprint density at radius 3 is 2.75 bits per heavy atom. The van der Waals surface area contributed by atoms with E-state index in [9.17, 15) is 4.79 Å². The highest BCUT2D eigenvalue weighted by molar-refractivity contribution is 6.36. The van der Waals surface area contributed by atoms with Crippen LogP contribution in [0.15, 0.2) is 30.5 Å². The number of carbonyl (C=O) groups excluding carboxylic acids is 1. The van der Waals surface area contributed by atoms with Gasteiger partial charge in [0.1, 0.15) is 5.82 Å². The highest BCUT2D eigenvalue weighted by Crippen LogP contribution is 2.28. The molecule has 0 spiro atoms. The van der Waals surface area contributed by atoms with Crippen molar-refractivity contribution in [3.63, 3.8) is 0 Å². The van der Waals surface area contributed by atoms with Gasteiger partial charge in [-0.1, -0.05) is 23.2 Å². The van der Waals surface area contributed by atoms with Crippen LogP contribution in [-0.4, -0.2) is 18.1 Å². The molecule has 0 radical (unpaired) electrons. The maximum atomic E-state index is 11.5. The van der Waals surface area contributed by atoms with Crippen molar-refractivity contribution in [1.82, 2.24) is 4.98 Å². The molecule has 7 heteroatoms. The molecule has 0 saturated heterocycles. The van der Waals surface area contributed by atoms with Crippen LogP contribution in [0, 0.1) is 0 Å². The number of esters is 1. The number of nitrogens with zero attached hydrogens (tertiary/aromatic N) is 1. The number of rotatable bonds is 3. The van der Waals surface area contributed by atoms with Crippen molar-refractivity contribution in [3.8, 4) is 0 Å². The molecule has 20 heavy (non-hydrogen) atoms. The zero-order chi connectivity index (χ0) is 14.7. The van der Waals surface area contributed by atoms with Crippen molar-refractivity contribution >= 4 is 46.4 Å². The number of nitrogens with one attached hydrogen (secondary N) is 1. The number of nitrogens with two attached hydrogens (primary N) is 1. The third-order valence-corrected chi connectivity index (χ3v) is 3.08. The van der Waals surface area contributed by atoms with Gasteiger partial charge in [-0.15, -0.1) is 0 Å². The Kier molecular flexibility index (Phi) is 4.32. The van der Waals surface area contributed by atoms with Crippen LogP contribution in [0.1, 0.15) is 10.4 Å². The number of halogens is 2. The lowest BCUT2D eigenvalue weighted by Crippen LogP contribution is -2.07. The summed E-state index contributed by atoms with van der Waals surface area (Å²) in [5.74, 6) is -0.112. The number of nitrogen functional groups attached to an aromatic ring is 1. The Labute approximate surface area is 125 Å². The molecule has 1 aromatic carbocycles. The summed E-state index contributed by atoms with van der Waals surface area (Å²) in [6, 6.07) is 6.49. The Bertz CT molecular complexity index is 662. The number of ether oxygens (including phenoxy) is 1. The Balaban J connectivity index is 2.32. The summed E-state index contributed by atoms with van der Waals surface area (Å²) in [4.78, 5) is 15.6. The minimum atomic E-state index is -0.532. The molecule has 2 aromatic rings. The molecule has 0 atom stereocenters. The fourth-order valence-electron chi connectivity index (χ4n) is 1.55. The number of benzene rings is 1. The molecule has 0 unspecified atom stereocenters. The van der Waals surface area contributed by atoms with E-state index in [1.54, 1.807) is 18.2 Å². The van der Waals surface area contributed by atoms with Crippen LogP contribution in [0.4, 0.5) is 17.2 Å². The van der Waals surface area contributed by atoms with E-state index in [-0.39, 0.29) is 11.3 Å². The van der Waals surface area contributed by atoms with Gasteiger partial charge in [-0.2, -0.15) is 0 Å². The van der Waals surface area contributed by atoms with Gasteiger partial charge >= 0.3 is 5.97 Å². The lowest BCUT2D eigenvalue weighted by Gasteiger charge is -2.10. The van der Waals surface area contributed by atoms with Gasteiger partial charge in [0.2, 0.25) is 0 Å². The average Bonchev–Trinajstić information content (AvgIpc) is 2.43. The lowest BCUT2D eigenvalue weighted by molar-refractivity contribution is 0.0602. The van der Waals surface area contributed by atoms with E-state index in [4.69, 9.17) is 28.9 Å². The molecule has 0 saturated carbocycles. The number of anilines is 3. The molecule has 0 aliphatic rings. The highest BCUT2D eigenvalue weighted by Gasteiger charge is 2.12. The van der Waals surface area contributed by atoms with E-state index >= 15 is 0 Å². The summed E-state index contributed by atoms with van der Waals surface area (Å²) in [6.45, 7) is 0. The predicted molar refractivity (Wildman–Crippen MR) is 79.7 cm³/mol. The molecular weight excluding hydrogens is 301 g/mol. The molecule has 104 valence electrons. The van der Waals surface area contributed by atoms with Crippen LogP contribution >= 0.6 is 23.2 Å². The zero-order valence-corrected chi connectivity index (χ0v) is 12.0. The second kappa shape index (κ2) is 5.98. The van der Waals surface area contributed by atoms with E-state index < -0.39 is 5.97 Å². The third kappa shape index (κ3) is 3.12. The van der Waals surface area contributed by atoms with Crippen molar-refractivity contribution in [2.24, 2.45) is 0 Å². The largest absolute Gasteiger partial charge is 0.465 e. The fraction of sp³-hybridized carbons (Fsp3) is 0.0769. The smallest absolute Gasteiger partial charge is 0.340 e. The molecule has 0 amide bonds. The van der Waals surface area contributed by atoms with Gasteiger partial charge in [0.25, 0.3) is 0 Å². The van der Waals surface area contributed by atoms with Crippen molar-refractivity contribution in [2.45, 2.75) is 0 Å². The van der Waals surface area contributed by atoms with Crippen molar-refractivity contribution in [1.29, 1.82) is 0 Å². The molecule has 1 aromatic heterocycles. The predicted octanol–water partition coefficient (Wildman–Crippen LogP) is 3.50. The number of carbonyl (C=O) groups is 1. The highest BCUT2D eigenvalue weighted by atomic mass is 35.5. The van der Waals surface area contributed by atoms with E-state index in [1.807, 2.05) is 0 Å². The average molecular weight is 312 g/mol. The molecule has 0 aliphatic carbocycles. The Morgan fingerprint density at radius 1 is 1.35 bits per heavy atom. The van der Waals surface area contributed by atoms with Gasteiger partial charge in [-0.05, 0) is 24.3 Å². The van der Waals surface area contributed by atoms with Crippen LogP contribution in [-0.2, 0) is 4.74 Å². The summed E-state index contributed by atoms with van der Waals surface area (Å²) < 4.78 is 4.64. The van der Waals surface area contributed by atoms with Gasteiger partial charge in [-0.3, -0.25) is 0 Å². The van der Waals surface area contributed by atoms with Crippen LogP contribution in [0.5, 0.6) is 0 Å². The monoisotopic (exact) mass is 311 g/mol. The molecule has 1 heterocycles. The summed E-state index contributed by atoms with van der Waals surface area (Å²) in [5, 5.41) is 3.95. The van der Waals surface area contributed by atoms with Crippen molar-refractivity contribution in [2.75, 3.05) is 18.2 Å². The fourth-order valence-corrected chi connectivity index (χ4v) is 2.01. The van der Waals surface area contributed by atoms with Crippen LogP contribution in [0.2, 0.25) is 10.0 Å². The van der Waals surface area contributed by atoms with E-state index in [2.05, 4.69) is 15.0 Å². The normalized spacial score (nSPS) is 10.2. The number of aromatic nitrogens is 1. The summed E-state index contributed by atoms with van der Waals surface area (Å²) in [5.41, 5.74) is 6.76. The van der Waals surface area contributed by atoms with Crippen molar-refractivity contribution < 1.29 is 9.53 Å². The minimum Gasteiger partial charge on any atom is -0.465 e. The zero-order valence-electron chi connectivity index (χ0n) is 10.5. The second-order valence-electron chi connectivity index (χ2n) is 3.90. The van der Waals surface area contributed by atoms with E-state index in [0.29, 0.717) is 21.6 Å². The lowest BCUT2D eigenvalue weighted by atomic mass is 10.2. The quantitative estimate of drug-likeness (QED) is 0.848. The second-order valence-corrected chi connectivity index (χ2v) is 4.74. The molecule has 2 rings (SSSR count). The topological polar surface area (TPSA) is 77.2 Å². The number of hydrogen-bond donors (Lipinski definition) is 2. The SMILES string of the molecule is COC(=O)c1cc(Nc2ccc(Cl)cc2Cl)ncc1N. The van der Waals surface area contributed by atoms with Gasteiger partial charge in [0, 0.05) is 5.02 Å². The molecule has 0 aliphatic heterocycles. The number of methoxy groups -OCH3 is 1. The van der Waals surface area contributed by atoms with E-state index in [0.717, 1.165) is 0 Å². The first-order valence-electron chi connectivity index (χ1n) is 5.57. The molecule has 0 bridgehead atoms. The first-order valence-corrected chi connectivity index (χ1v) is 6.32. The molecule has 5 nitrogen and oxygen atoms in total. The van der Waals surface area contributed by atoms with Crippen molar-refractivity contribution in [3.05, 3.63) is 46.1 Å². The van der Waals surface area contributed by atoms with Crippen LogP contribution in [0.25, 0.3) is 0 Å². The maximum absolute atomic E-state index is 11.5. The van der Waals surface area contributed by atoms with E-state index in [1.165, 1.54) is 19.4 Å². The summed E-state index contributed by atoms with van der Waals surface area (Å²) in [6.07, 6.45) is 1.37. The minimum absolute atomic E-state index is 0.232. The number of hydrogen-bond acceptors (Lipinski definition) is 5. The summed E-state index contributed by atoms with van der Waals surface area (Å²) in [7, 11) is 1.28.